The van der Waals surface area contributed by atoms with Crippen molar-refractivity contribution in [2.24, 2.45) is 0 Å². The van der Waals surface area contributed by atoms with Gasteiger partial charge in [0.05, 0.1) is 11.3 Å². The van der Waals surface area contributed by atoms with Crippen LogP contribution in [0.3, 0.4) is 0 Å². The van der Waals surface area contributed by atoms with Crippen molar-refractivity contribution in [2.45, 2.75) is 30.0 Å². The van der Waals surface area contributed by atoms with Gasteiger partial charge in [-0.1, -0.05) is 78.4 Å². The highest BCUT2D eigenvalue weighted by Crippen LogP contribution is 2.26. The van der Waals surface area contributed by atoms with E-state index in [0.29, 0.717) is 0 Å². The summed E-state index contributed by atoms with van der Waals surface area (Å²) in [6.45, 7) is 4.02. The van der Waals surface area contributed by atoms with Gasteiger partial charge in [-0.15, -0.1) is 11.8 Å². The Balaban J connectivity index is 1.75. The van der Waals surface area contributed by atoms with Crippen LogP contribution >= 0.6 is 11.8 Å². The molecule has 0 saturated carbocycles. The first-order chi connectivity index (χ1) is 12.6. The second-order valence-corrected chi connectivity index (χ2v) is 7.75. The Hall–Kier alpha value is -2.52. The molecule has 3 aromatic carbocycles. The molecule has 0 unspecified atom stereocenters. The summed E-state index contributed by atoms with van der Waals surface area (Å²) in [6.07, 6.45) is 0. The van der Waals surface area contributed by atoms with Gasteiger partial charge in [-0.3, -0.25) is 4.79 Å². The zero-order valence-electron chi connectivity index (χ0n) is 15.1. The Morgan fingerprint density at radius 3 is 1.81 bits per heavy atom. The Labute approximate surface area is 159 Å². The molecule has 0 bridgehead atoms. The maximum absolute atomic E-state index is 12.8. The fourth-order valence-corrected chi connectivity index (χ4v) is 3.66. The molecule has 0 fully saturated rings. The molecule has 1 N–H and O–H groups in total. The second-order valence-electron chi connectivity index (χ2n) is 6.34. The van der Waals surface area contributed by atoms with E-state index in [1.165, 1.54) is 5.56 Å². The summed E-state index contributed by atoms with van der Waals surface area (Å²) in [4.78, 5) is 13.9. The molecule has 0 aliphatic rings. The van der Waals surface area contributed by atoms with Crippen LogP contribution in [0, 0.1) is 6.92 Å². The van der Waals surface area contributed by atoms with E-state index in [0.717, 1.165) is 16.0 Å². The Morgan fingerprint density at radius 2 is 1.31 bits per heavy atom. The molecule has 0 aliphatic heterocycles. The van der Waals surface area contributed by atoms with Gasteiger partial charge in [-0.25, -0.2) is 0 Å². The van der Waals surface area contributed by atoms with Gasteiger partial charge in [-0.05, 0) is 37.1 Å². The van der Waals surface area contributed by atoms with E-state index in [4.69, 9.17) is 0 Å². The van der Waals surface area contributed by atoms with Crippen LogP contribution in [0.2, 0.25) is 0 Å². The highest BCUT2D eigenvalue weighted by Gasteiger charge is 2.21. The minimum absolute atomic E-state index is 0.0354. The molecule has 0 radical (unpaired) electrons. The van der Waals surface area contributed by atoms with E-state index in [-0.39, 0.29) is 17.2 Å². The average molecular weight is 362 g/mol. The number of thioether (sulfide) groups is 1. The average Bonchev–Trinajstić information content (AvgIpc) is 2.69. The lowest BCUT2D eigenvalue weighted by Crippen LogP contribution is -2.34. The summed E-state index contributed by atoms with van der Waals surface area (Å²) < 4.78 is 0. The molecule has 0 aromatic heterocycles. The fourth-order valence-electron chi connectivity index (χ4n) is 2.78. The van der Waals surface area contributed by atoms with Gasteiger partial charge in [0.25, 0.3) is 0 Å². The maximum atomic E-state index is 12.8. The normalized spacial score (nSPS) is 12.0. The third kappa shape index (κ3) is 4.77. The van der Waals surface area contributed by atoms with E-state index in [1.807, 2.05) is 43.3 Å². The van der Waals surface area contributed by atoms with Crippen molar-refractivity contribution in [3.8, 4) is 0 Å². The molecule has 3 heteroatoms. The van der Waals surface area contributed by atoms with Crippen LogP contribution in [0.1, 0.15) is 29.7 Å². The molecule has 0 saturated heterocycles. The summed E-state index contributed by atoms with van der Waals surface area (Å²) >= 11 is 1.58. The van der Waals surface area contributed by atoms with Gasteiger partial charge in [0.2, 0.25) is 5.91 Å². The van der Waals surface area contributed by atoms with Crippen LogP contribution in [0.15, 0.2) is 89.8 Å². The molecular weight excluding hydrogens is 338 g/mol. The van der Waals surface area contributed by atoms with E-state index in [1.54, 1.807) is 11.8 Å². The van der Waals surface area contributed by atoms with E-state index in [9.17, 15) is 4.79 Å². The Morgan fingerprint density at radius 1 is 0.808 bits per heavy atom. The van der Waals surface area contributed by atoms with Crippen LogP contribution in [0.4, 0.5) is 0 Å². The molecule has 26 heavy (non-hydrogen) atoms. The number of amides is 1. The smallest absolute Gasteiger partial charge is 0.233 e. The zero-order valence-corrected chi connectivity index (χ0v) is 15.9. The largest absolute Gasteiger partial charge is 0.344 e. The van der Waals surface area contributed by atoms with E-state index < -0.39 is 0 Å². The van der Waals surface area contributed by atoms with Crippen molar-refractivity contribution in [3.63, 3.8) is 0 Å². The van der Waals surface area contributed by atoms with Gasteiger partial charge in [0, 0.05) is 4.90 Å². The summed E-state index contributed by atoms with van der Waals surface area (Å²) in [7, 11) is 0. The van der Waals surface area contributed by atoms with Crippen molar-refractivity contribution in [1.29, 1.82) is 0 Å². The lowest BCUT2D eigenvalue weighted by molar-refractivity contribution is -0.120. The lowest BCUT2D eigenvalue weighted by atomic mass is 9.98. The number of carbonyl (C=O) groups excluding carboxylic acids is 1. The van der Waals surface area contributed by atoms with Crippen molar-refractivity contribution < 1.29 is 4.79 Å². The van der Waals surface area contributed by atoms with E-state index in [2.05, 4.69) is 60.8 Å². The zero-order chi connectivity index (χ0) is 18.4. The predicted molar refractivity (Wildman–Crippen MR) is 109 cm³/mol. The number of aryl methyl sites for hydroxylation is 1. The molecule has 3 aromatic rings. The summed E-state index contributed by atoms with van der Waals surface area (Å²) in [5.74, 6) is 0.0354. The summed E-state index contributed by atoms with van der Waals surface area (Å²) in [5, 5.41) is 3.05. The number of carbonyl (C=O) groups is 1. The number of rotatable bonds is 6. The Kier molecular flexibility index (Phi) is 6.13. The third-order valence-electron chi connectivity index (χ3n) is 4.26. The molecule has 2 nitrogen and oxygen atoms in total. The van der Waals surface area contributed by atoms with Crippen molar-refractivity contribution in [2.75, 3.05) is 0 Å². The van der Waals surface area contributed by atoms with Crippen LogP contribution in [-0.2, 0) is 4.79 Å². The van der Waals surface area contributed by atoms with Gasteiger partial charge in [0.15, 0.2) is 0 Å². The molecule has 3 rings (SSSR count). The summed E-state index contributed by atoms with van der Waals surface area (Å²) in [6, 6.07) is 28.3. The number of hydrogen-bond donors (Lipinski definition) is 1. The topological polar surface area (TPSA) is 29.1 Å². The van der Waals surface area contributed by atoms with E-state index >= 15 is 0 Å². The first kappa shape index (κ1) is 18.3. The molecular formula is C23H23NOS. The fraction of sp³-hybridized carbons (Fsp3) is 0.174. The van der Waals surface area contributed by atoms with Crippen LogP contribution < -0.4 is 5.32 Å². The monoisotopic (exact) mass is 361 g/mol. The van der Waals surface area contributed by atoms with Crippen molar-refractivity contribution in [1.82, 2.24) is 5.32 Å². The van der Waals surface area contributed by atoms with Gasteiger partial charge in [-0.2, -0.15) is 0 Å². The SMILES string of the molecule is Cc1ccc(S[C@@H](C)C(=O)NC(c2ccccc2)c2ccccc2)cc1. The summed E-state index contributed by atoms with van der Waals surface area (Å²) in [5.41, 5.74) is 3.39. The van der Waals surface area contributed by atoms with Gasteiger partial charge >= 0.3 is 0 Å². The molecule has 0 aliphatic carbocycles. The van der Waals surface area contributed by atoms with Gasteiger partial charge in [0.1, 0.15) is 0 Å². The predicted octanol–water partition coefficient (Wildman–Crippen LogP) is 5.38. The van der Waals surface area contributed by atoms with Crippen LogP contribution in [0.5, 0.6) is 0 Å². The molecule has 1 amide bonds. The number of nitrogens with one attached hydrogen (secondary N) is 1. The lowest BCUT2D eigenvalue weighted by Gasteiger charge is -2.22. The first-order valence-corrected chi connectivity index (χ1v) is 9.65. The standard InChI is InChI=1S/C23H23NOS/c1-17-13-15-21(16-14-17)26-18(2)23(25)24-22(19-9-5-3-6-10-19)20-11-7-4-8-12-20/h3-16,18,22H,1-2H3,(H,24,25)/t18-/m0/s1. The Bertz CT molecular complexity index is 792. The maximum Gasteiger partial charge on any atom is 0.233 e. The highest BCUT2D eigenvalue weighted by molar-refractivity contribution is 8.00. The van der Waals surface area contributed by atoms with Crippen LogP contribution in [0.25, 0.3) is 0 Å². The second kappa shape index (κ2) is 8.72. The number of benzene rings is 3. The van der Waals surface area contributed by atoms with Gasteiger partial charge < -0.3 is 5.32 Å². The minimum Gasteiger partial charge on any atom is -0.344 e. The van der Waals surface area contributed by atoms with Crippen molar-refractivity contribution >= 4 is 17.7 Å². The third-order valence-corrected chi connectivity index (χ3v) is 5.37. The van der Waals surface area contributed by atoms with Crippen molar-refractivity contribution in [3.05, 3.63) is 102 Å². The minimum atomic E-state index is -0.173. The van der Waals surface area contributed by atoms with Crippen LogP contribution in [-0.4, -0.2) is 11.2 Å². The molecule has 132 valence electrons. The highest BCUT2D eigenvalue weighted by atomic mass is 32.2. The molecule has 0 heterocycles. The molecule has 0 spiro atoms. The quantitative estimate of drug-likeness (QED) is 0.597. The first-order valence-electron chi connectivity index (χ1n) is 8.77. The number of hydrogen-bond acceptors (Lipinski definition) is 2. The molecule has 1 atom stereocenters.